The number of rotatable bonds is 4. The van der Waals surface area contributed by atoms with Gasteiger partial charge in [-0.15, -0.1) is 0 Å². The number of piperidine rings is 1. The van der Waals surface area contributed by atoms with Gasteiger partial charge in [0.2, 0.25) is 0 Å². The van der Waals surface area contributed by atoms with Crippen LogP contribution in [0.1, 0.15) is 30.4 Å². The normalized spacial score (nSPS) is 18.6. The maximum atomic E-state index is 14.1. The maximum absolute atomic E-state index is 14.1. The Kier molecular flexibility index (Phi) is 5.10. The van der Waals surface area contributed by atoms with Crippen LogP contribution >= 0.6 is 0 Å². The van der Waals surface area contributed by atoms with Gasteiger partial charge in [-0.1, -0.05) is 12.1 Å². The molecule has 2 rings (SSSR count). The van der Waals surface area contributed by atoms with Crippen LogP contribution in [0.15, 0.2) is 24.3 Å². The molecule has 1 fully saturated rings. The predicted octanol–water partition coefficient (Wildman–Crippen LogP) is 4.62. The highest BCUT2D eigenvalue weighted by molar-refractivity contribution is 5.25. The van der Waals surface area contributed by atoms with Gasteiger partial charge < -0.3 is 4.90 Å². The molecule has 0 aliphatic carbocycles. The molecule has 6 heteroatoms. The Labute approximate surface area is 127 Å². The third-order valence-corrected chi connectivity index (χ3v) is 4.17. The van der Waals surface area contributed by atoms with E-state index in [1.54, 1.807) is 0 Å². The maximum Gasteiger partial charge on any atom is 0.416 e. The highest BCUT2D eigenvalue weighted by Crippen LogP contribution is 2.34. The van der Waals surface area contributed by atoms with Crippen LogP contribution in [-0.2, 0) is 12.6 Å². The number of hydrogen-bond acceptors (Lipinski definition) is 1. The van der Waals surface area contributed by atoms with Crippen molar-refractivity contribution in [3.8, 4) is 0 Å². The summed E-state index contributed by atoms with van der Waals surface area (Å²) in [4.78, 5) is 2.12. The number of hydrogen-bond donors (Lipinski definition) is 0. The van der Waals surface area contributed by atoms with Crippen LogP contribution in [0.2, 0.25) is 0 Å². The van der Waals surface area contributed by atoms with E-state index in [4.69, 9.17) is 0 Å². The second kappa shape index (κ2) is 6.52. The van der Waals surface area contributed by atoms with Crippen LogP contribution in [-0.4, -0.2) is 31.0 Å². The zero-order valence-electron chi connectivity index (χ0n) is 12.5. The average molecular weight is 321 g/mol. The molecule has 1 aliphatic heterocycles. The third kappa shape index (κ3) is 4.93. The summed E-state index contributed by atoms with van der Waals surface area (Å²) in [6, 6.07) is 4.01. The van der Waals surface area contributed by atoms with Gasteiger partial charge in [-0.2, -0.15) is 13.2 Å². The molecular weight excluding hydrogens is 301 g/mol. The molecule has 1 heterocycles. The first-order valence-electron chi connectivity index (χ1n) is 7.38. The molecule has 124 valence electrons. The molecule has 0 spiro atoms. The van der Waals surface area contributed by atoms with Crippen LogP contribution in [0.25, 0.3) is 0 Å². The minimum Gasteiger partial charge on any atom is -0.306 e. The first-order valence-corrected chi connectivity index (χ1v) is 7.38. The van der Waals surface area contributed by atoms with Crippen molar-refractivity contribution in [1.29, 1.82) is 0 Å². The summed E-state index contributed by atoms with van der Waals surface area (Å²) in [6.07, 6.45) is -3.63. The van der Waals surface area contributed by atoms with Crippen LogP contribution in [0.3, 0.4) is 0 Å². The molecule has 0 unspecified atom stereocenters. The number of halogens is 5. The lowest BCUT2D eigenvalue weighted by Crippen LogP contribution is -2.33. The van der Waals surface area contributed by atoms with E-state index in [-0.39, 0.29) is 17.9 Å². The summed E-state index contributed by atoms with van der Waals surface area (Å²) < 4.78 is 65.5. The van der Waals surface area contributed by atoms with Crippen molar-refractivity contribution >= 4 is 0 Å². The molecule has 1 saturated heterocycles. The van der Waals surface area contributed by atoms with E-state index in [1.165, 1.54) is 0 Å². The lowest BCUT2D eigenvalue weighted by atomic mass is 9.89. The molecule has 0 radical (unpaired) electrons. The highest BCUT2D eigenvalue weighted by Gasteiger charge is 2.34. The second-order valence-corrected chi connectivity index (χ2v) is 6.18. The van der Waals surface area contributed by atoms with E-state index in [0.29, 0.717) is 0 Å². The zero-order valence-corrected chi connectivity index (χ0v) is 12.5. The van der Waals surface area contributed by atoms with E-state index in [9.17, 15) is 22.0 Å². The number of nitrogens with zero attached hydrogens (tertiary/aromatic N) is 1. The van der Waals surface area contributed by atoms with Crippen molar-refractivity contribution < 1.29 is 22.0 Å². The summed E-state index contributed by atoms with van der Waals surface area (Å²) in [6.45, 7) is 1.64. The van der Waals surface area contributed by atoms with E-state index in [1.807, 2.05) is 7.05 Å². The van der Waals surface area contributed by atoms with Crippen molar-refractivity contribution in [1.82, 2.24) is 4.90 Å². The molecule has 22 heavy (non-hydrogen) atoms. The number of alkyl halides is 5. The standard InChI is InChI=1S/C16H20F5N/c1-22-8-6-13(7-9-22)11-15(17,18)10-12-2-4-14(5-3-12)16(19,20)21/h2-5,13H,6-11H2,1H3. The van der Waals surface area contributed by atoms with Crippen molar-refractivity contribution in [2.45, 2.75) is 37.8 Å². The van der Waals surface area contributed by atoms with Gasteiger partial charge in [-0.25, -0.2) is 8.78 Å². The molecule has 0 N–H and O–H groups in total. The Balaban J connectivity index is 1.93. The molecule has 1 nitrogen and oxygen atoms in total. The summed E-state index contributed by atoms with van der Waals surface area (Å²) in [7, 11) is 1.97. The topological polar surface area (TPSA) is 3.24 Å². The molecule has 0 aromatic heterocycles. The molecule has 0 atom stereocenters. The van der Waals surface area contributed by atoms with E-state index in [2.05, 4.69) is 4.90 Å². The van der Waals surface area contributed by atoms with E-state index < -0.39 is 24.1 Å². The quantitative estimate of drug-likeness (QED) is 0.732. The molecule has 0 saturated carbocycles. The van der Waals surface area contributed by atoms with Crippen LogP contribution in [0, 0.1) is 5.92 Å². The van der Waals surface area contributed by atoms with Gasteiger partial charge in [-0.3, -0.25) is 0 Å². The Bertz CT molecular complexity index is 472. The Morgan fingerprint density at radius 2 is 1.55 bits per heavy atom. The summed E-state index contributed by atoms with van der Waals surface area (Å²) in [5, 5.41) is 0. The van der Waals surface area contributed by atoms with Gasteiger partial charge in [0.25, 0.3) is 5.92 Å². The van der Waals surface area contributed by atoms with Crippen LogP contribution < -0.4 is 0 Å². The first kappa shape index (κ1) is 17.2. The van der Waals surface area contributed by atoms with Gasteiger partial charge in [0.1, 0.15) is 0 Å². The zero-order chi connectivity index (χ0) is 16.4. The lowest BCUT2D eigenvalue weighted by molar-refractivity contribution is -0.137. The summed E-state index contributed by atoms with van der Waals surface area (Å²) in [5.74, 6) is -2.89. The smallest absolute Gasteiger partial charge is 0.306 e. The minimum absolute atomic E-state index is 0.0133. The fourth-order valence-electron chi connectivity index (χ4n) is 2.87. The first-order chi connectivity index (χ1) is 10.2. The molecule has 1 aliphatic rings. The van der Waals surface area contributed by atoms with E-state index >= 15 is 0 Å². The fourth-order valence-corrected chi connectivity index (χ4v) is 2.87. The minimum atomic E-state index is -4.44. The molecule has 1 aromatic rings. The monoisotopic (exact) mass is 321 g/mol. The Morgan fingerprint density at radius 3 is 2.05 bits per heavy atom. The number of benzene rings is 1. The molecule has 1 aromatic carbocycles. The summed E-state index contributed by atoms with van der Waals surface area (Å²) >= 11 is 0. The lowest BCUT2D eigenvalue weighted by Gasteiger charge is -2.31. The van der Waals surface area contributed by atoms with Gasteiger partial charge in [-0.05, 0) is 56.6 Å². The molecule has 0 bridgehead atoms. The fraction of sp³-hybridized carbons (Fsp3) is 0.625. The van der Waals surface area contributed by atoms with Crippen molar-refractivity contribution in [3.05, 3.63) is 35.4 Å². The van der Waals surface area contributed by atoms with Gasteiger partial charge >= 0.3 is 6.18 Å². The van der Waals surface area contributed by atoms with Gasteiger partial charge in [0, 0.05) is 12.8 Å². The van der Waals surface area contributed by atoms with E-state index in [0.717, 1.165) is 50.2 Å². The Hall–Kier alpha value is -1.17. The van der Waals surface area contributed by atoms with Gasteiger partial charge in [0.15, 0.2) is 0 Å². The Morgan fingerprint density at radius 1 is 1.00 bits per heavy atom. The average Bonchev–Trinajstić information content (AvgIpc) is 2.40. The predicted molar refractivity (Wildman–Crippen MR) is 74.9 cm³/mol. The largest absolute Gasteiger partial charge is 0.416 e. The summed E-state index contributed by atoms with van der Waals surface area (Å²) in [5.41, 5.74) is -0.569. The van der Waals surface area contributed by atoms with Crippen LogP contribution in [0.4, 0.5) is 22.0 Å². The highest BCUT2D eigenvalue weighted by atomic mass is 19.4. The number of likely N-dealkylation sites (tertiary alicyclic amines) is 1. The van der Waals surface area contributed by atoms with Crippen molar-refractivity contribution in [2.75, 3.05) is 20.1 Å². The molecular formula is C16H20F5N. The van der Waals surface area contributed by atoms with Crippen molar-refractivity contribution in [2.24, 2.45) is 5.92 Å². The second-order valence-electron chi connectivity index (χ2n) is 6.18. The van der Waals surface area contributed by atoms with Crippen molar-refractivity contribution in [3.63, 3.8) is 0 Å². The third-order valence-electron chi connectivity index (χ3n) is 4.17. The SMILES string of the molecule is CN1CCC(CC(F)(F)Cc2ccc(C(F)(F)F)cc2)CC1. The van der Waals surface area contributed by atoms with Gasteiger partial charge in [0.05, 0.1) is 5.56 Å². The molecule has 0 amide bonds. The van der Waals surface area contributed by atoms with Crippen LogP contribution in [0.5, 0.6) is 0 Å².